The van der Waals surface area contributed by atoms with Gasteiger partial charge in [-0.25, -0.2) is 4.39 Å². The molecule has 0 spiro atoms. The first-order chi connectivity index (χ1) is 6.86. The number of hydrogen-bond acceptors (Lipinski definition) is 1. The minimum Gasteiger partial charge on any atom is -0.324 e. The van der Waals surface area contributed by atoms with Gasteiger partial charge in [-0.1, -0.05) is 6.92 Å². The lowest BCUT2D eigenvalue weighted by Gasteiger charge is -2.17. The van der Waals surface area contributed by atoms with E-state index >= 15 is 0 Å². The van der Waals surface area contributed by atoms with E-state index in [-0.39, 0.29) is 5.56 Å². The van der Waals surface area contributed by atoms with Crippen molar-refractivity contribution >= 4 is 0 Å². The Labute approximate surface area is 84.9 Å². The Bertz CT molecular complexity index is 346. The van der Waals surface area contributed by atoms with Crippen LogP contribution in [0.15, 0.2) is 18.2 Å². The third-order valence-electron chi connectivity index (χ3n) is 2.16. The third-order valence-corrected chi connectivity index (χ3v) is 2.16. The van der Waals surface area contributed by atoms with Gasteiger partial charge in [0.05, 0.1) is 5.56 Å². The highest BCUT2D eigenvalue weighted by Gasteiger charge is 2.34. The van der Waals surface area contributed by atoms with Crippen molar-refractivity contribution in [3.05, 3.63) is 35.1 Å². The summed E-state index contributed by atoms with van der Waals surface area (Å²) in [5.74, 6) is -0.707. The topological polar surface area (TPSA) is 26.0 Å². The molecule has 0 aromatic heterocycles. The second kappa shape index (κ2) is 4.18. The molecule has 0 aliphatic heterocycles. The zero-order chi connectivity index (χ0) is 11.6. The van der Waals surface area contributed by atoms with E-state index < -0.39 is 23.6 Å². The number of hydrogen-bond donors (Lipinski definition) is 1. The first-order valence-corrected chi connectivity index (χ1v) is 4.48. The molecule has 2 N–H and O–H groups in total. The van der Waals surface area contributed by atoms with Gasteiger partial charge in [-0.15, -0.1) is 0 Å². The van der Waals surface area contributed by atoms with Crippen LogP contribution in [0.25, 0.3) is 0 Å². The van der Waals surface area contributed by atoms with E-state index in [1.54, 1.807) is 6.92 Å². The molecule has 1 aromatic rings. The zero-order valence-corrected chi connectivity index (χ0v) is 8.11. The van der Waals surface area contributed by atoms with Crippen LogP contribution in [0, 0.1) is 5.82 Å². The summed E-state index contributed by atoms with van der Waals surface area (Å²) in [5, 5.41) is 0. The van der Waals surface area contributed by atoms with Gasteiger partial charge < -0.3 is 5.73 Å². The van der Waals surface area contributed by atoms with Crippen LogP contribution in [0.2, 0.25) is 0 Å². The molecule has 1 aromatic carbocycles. The third kappa shape index (κ3) is 2.68. The Morgan fingerprint density at radius 2 is 1.93 bits per heavy atom. The van der Waals surface area contributed by atoms with Crippen molar-refractivity contribution in [1.29, 1.82) is 0 Å². The fourth-order valence-electron chi connectivity index (χ4n) is 1.32. The lowest BCUT2D eigenvalue weighted by atomic mass is 9.98. The first kappa shape index (κ1) is 12.0. The number of halogens is 4. The lowest BCUT2D eigenvalue weighted by molar-refractivity contribution is -0.138. The summed E-state index contributed by atoms with van der Waals surface area (Å²) in [5.41, 5.74) is 4.44. The fraction of sp³-hybridized carbons (Fsp3) is 0.400. The molecule has 0 aliphatic carbocycles. The van der Waals surface area contributed by atoms with Crippen LogP contribution in [0.5, 0.6) is 0 Å². The average molecular weight is 221 g/mol. The van der Waals surface area contributed by atoms with Gasteiger partial charge in [-0.2, -0.15) is 13.2 Å². The van der Waals surface area contributed by atoms with Gasteiger partial charge in [0.2, 0.25) is 0 Å². The van der Waals surface area contributed by atoms with E-state index in [1.165, 1.54) is 0 Å². The highest BCUT2D eigenvalue weighted by molar-refractivity contribution is 5.32. The quantitative estimate of drug-likeness (QED) is 0.762. The summed E-state index contributed by atoms with van der Waals surface area (Å²) < 4.78 is 50.3. The largest absolute Gasteiger partial charge is 0.416 e. The molecule has 1 nitrogen and oxygen atoms in total. The highest BCUT2D eigenvalue weighted by atomic mass is 19.4. The Balaban J connectivity index is 3.27. The van der Waals surface area contributed by atoms with Crippen molar-refractivity contribution in [3.63, 3.8) is 0 Å². The average Bonchev–Trinajstić information content (AvgIpc) is 2.14. The second-order valence-electron chi connectivity index (χ2n) is 3.24. The van der Waals surface area contributed by atoms with Crippen LogP contribution in [-0.4, -0.2) is 0 Å². The van der Waals surface area contributed by atoms with Crippen LogP contribution in [0.4, 0.5) is 17.6 Å². The molecule has 84 valence electrons. The minimum absolute atomic E-state index is 0.190. The predicted octanol–water partition coefficient (Wildman–Crippen LogP) is 3.25. The molecule has 0 aliphatic rings. The van der Waals surface area contributed by atoms with Gasteiger partial charge in [0.15, 0.2) is 0 Å². The Morgan fingerprint density at radius 1 is 1.33 bits per heavy atom. The molecule has 1 rings (SSSR count). The maximum Gasteiger partial charge on any atom is 0.416 e. The molecule has 0 saturated heterocycles. The number of rotatable bonds is 2. The number of nitrogens with two attached hydrogens (primary N) is 1. The smallest absolute Gasteiger partial charge is 0.324 e. The number of benzene rings is 1. The first-order valence-electron chi connectivity index (χ1n) is 4.48. The summed E-state index contributed by atoms with van der Waals surface area (Å²) >= 11 is 0. The molecular weight excluding hydrogens is 210 g/mol. The Morgan fingerprint density at radius 3 is 2.40 bits per heavy atom. The van der Waals surface area contributed by atoms with E-state index in [0.29, 0.717) is 6.42 Å². The molecule has 1 atom stereocenters. The monoisotopic (exact) mass is 221 g/mol. The summed E-state index contributed by atoms with van der Waals surface area (Å²) in [6, 6.07) is 1.56. The highest BCUT2D eigenvalue weighted by Crippen LogP contribution is 2.35. The van der Waals surface area contributed by atoms with Crippen LogP contribution in [0.1, 0.15) is 30.5 Å². The summed E-state index contributed by atoms with van der Waals surface area (Å²) in [6.45, 7) is 1.65. The van der Waals surface area contributed by atoms with Crippen LogP contribution >= 0.6 is 0 Å². The van der Waals surface area contributed by atoms with Crippen LogP contribution in [-0.2, 0) is 6.18 Å². The molecule has 0 unspecified atom stereocenters. The van der Waals surface area contributed by atoms with Crippen LogP contribution in [0.3, 0.4) is 0 Å². The SMILES string of the molecule is CC[C@@H](N)c1cc(F)ccc1C(F)(F)F. The van der Waals surface area contributed by atoms with Crippen molar-refractivity contribution in [3.8, 4) is 0 Å². The standard InChI is InChI=1S/C10H11F4N/c1-2-9(15)7-5-6(11)3-4-8(7)10(12,13)14/h3-5,9H,2,15H2,1H3/t9-/m1/s1. The van der Waals surface area contributed by atoms with Gasteiger partial charge >= 0.3 is 6.18 Å². The Kier molecular flexibility index (Phi) is 3.34. The molecule has 0 heterocycles. The van der Waals surface area contributed by atoms with E-state index in [0.717, 1.165) is 18.2 Å². The van der Waals surface area contributed by atoms with E-state index in [2.05, 4.69) is 0 Å². The number of alkyl halides is 3. The van der Waals surface area contributed by atoms with Gasteiger partial charge in [-0.3, -0.25) is 0 Å². The maximum absolute atomic E-state index is 12.8. The fourth-order valence-corrected chi connectivity index (χ4v) is 1.32. The van der Waals surface area contributed by atoms with Gasteiger partial charge in [0, 0.05) is 6.04 Å². The van der Waals surface area contributed by atoms with Gasteiger partial charge in [0.25, 0.3) is 0 Å². The molecular formula is C10H11F4N. The molecule has 0 bridgehead atoms. The Hall–Kier alpha value is -1.10. The second-order valence-corrected chi connectivity index (χ2v) is 3.24. The molecule has 0 fully saturated rings. The summed E-state index contributed by atoms with van der Waals surface area (Å²) in [4.78, 5) is 0. The molecule has 0 saturated carbocycles. The molecule has 0 amide bonds. The molecule has 15 heavy (non-hydrogen) atoms. The summed E-state index contributed by atoms with van der Waals surface area (Å²) in [7, 11) is 0. The molecule has 5 heteroatoms. The van der Waals surface area contributed by atoms with Crippen LogP contribution < -0.4 is 5.73 Å². The minimum atomic E-state index is -4.49. The van der Waals surface area contributed by atoms with Crippen molar-refractivity contribution in [2.75, 3.05) is 0 Å². The predicted molar refractivity (Wildman–Crippen MR) is 48.6 cm³/mol. The van der Waals surface area contributed by atoms with E-state index in [9.17, 15) is 17.6 Å². The molecule has 0 radical (unpaired) electrons. The van der Waals surface area contributed by atoms with Gasteiger partial charge in [-0.05, 0) is 30.2 Å². The zero-order valence-electron chi connectivity index (χ0n) is 8.11. The van der Waals surface area contributed by atoms with Crippen molar-refractivity contribution in [1.82, 2.24) is 0 Å². The summed E-state index contributed by atoms with van der Waals surface area (Å²) in [6.07, 6.45) is -4.16. The van der Waals surface area contributed by atoms with Crippen molar-refractivity contribution in [2.24, 2.45) is 5.73 Å². The van der Waals surface area contributed by atoms with Crippen molar-refractivity contribution < 1.29 is 17.6 Å². The van der Waals surface area contributed by atoms with Crippen molar-refractivity contribution in [2.45, 2.75) is 25.6 Å². The van der Waals surface area contributed by atoms with Gasteiger partial charge in [0.1, 0.15) is 5.82 Å². The van der Waals surface area contributed by atoms with E-state index in [4.69, 9.17) is 5.73 Å². The normalized spacial score (nSPS) is 14.0. The maximum atomic E-state index is 12.8. The van der Waals surface area contributed by atoms with E-state index in [1.807, 2.05) is 0 Å². The lowest BCUT2D eigenvalue weighted by Crippen LogP contribution is -2.17.